The minimum Gasteiger partial charge on any atom is -0.481 e. The van der Waals surface area contributed by atoms with E-state index in [-0.39, 0.29) is 28.1 Å². The lowest BCUT2D eigenvalue weighted by Gasteiger charge is -2.71. The number of hydrogen-bond acceptors (Lipinski definition) is 3. The lowest BCUT2D eigenvalue weighted by atomic mass is 9.33. The smallest absolute Gasteiger partial charge is 0.313 e. The first-order chi connectivity index (χ1) is 18.7. The number of carboxylic acids is 1. The van der Waals surface area contributed by atoms with Crippen LogP contribution in [-0.2, 0) is 14.3 Å². The first kappa shape index (κ1) is 30.1. The summed E-state index contributed by atoms with van der Waals surface area (Å²) in [6.07, 6.45) is 15.3. The molecule has 5 aliphatic rings. The SMILES string of the molecule is CCCCCC(=O)O[C@H]1CC[C@@]2(C)[C@@H](CC[C@]3(C)[C@@H]2CC=C2[C@@H]4[C@@H](C)[C@H](C)CC[C@]4(C)CC[C@]23C)[C@@]1(C)C(=O)O. The first-order valence-corrected chi connectivity index (χ1v) is 16.8. The normalized spacial score (nSPS) is 50.0. The Balaban J connectivity index is 1.48. The molecule has 4 heteroatoms. The van der Waals surface area contributed by atoms with Gasteiger partial charge in [0.05, 0.1) is 0 Å². The number of carbonyl (C=O) groups excluding carboxylic acids is 1. The monoisotopic (exact) mass is 554 g/mol. The molecule has 0 aromatic heterocycles. The standard InChI is InChI=1S/C36H58O4/c1-9-10-11-12-29(37)40-28-17-19-33(5)26-14-13-25-30-24(3)23(2)15-18-32(30,4)21-22-34(25,6)35(26,7)20-16-27(33)36(28,8)31(38)39/h13,23-24,26-28,30H,9-12,14-22H2,1-8H3,(H,38,39)/t23-,24+,26-,27-,28+,30+,32-,33-,34-,35-,36-/m1/s1. The highest BCUT2D eigenvalue weighted by molar-refractivity contribution is 5.77. The van der Waals surface area contributed by atoms with E-state index in [1.54, 1.807) is 5.57 Å². The van der Waals surface area contributed by atoms with Crippen LogP contribution in [0.3, 0.4) is 0 Å². The van der Waals surface area contributed by atoms with Crippen LogP contribution in [0, 0.1) is 56.7 Å². The number of allylic oxidation sites excluding steroid dienone is 2. The minimum absolute atomic E-state index is 0.0128. The van der Waals surface area contributed by atoms with Crippen molar-refractivity contribution < 1.29 is 19.4 Å². The van der Waals surface area contributed by atoms with E-state index in [0.29, 0.717) is 30.1 Å². The van der Waals surface area contributed by atoms with Gasteiger partial charge in [-0.3, -0.25) is 9.59 Å². The Morgan fingerprint density at radius 1 is 0.925 bits per heavy atom. The van der Waals surface area contributed by atoms with Gasteiger partial charge in [-0.25, -0.2) is 0 Å². The Bertz CT molecular complexity index is 1050. The summed E-state index contributed by atoms with van der Waals surface area (Å²) in [5.41, 5.74) is 1.38. The lowest BCUT2D eigenvalue weighted by Crippen LogP contribution is -2.66. The van der Waals surface area contributed by atoms with E-state index in [1.807, 2.05) is 6.92 Å². The summed E-state index contributed by atoms with van der Waals surface area (Å²) < 4.78 is 6.04. The second-order valence-electron chi connectivity index (χ2n) is 16.4. The van der Waals surface area contributed by atoms with Crippen LogP contribution >= 0.6 is 0 Å². The number of carbonyl (C=O) groups is 2. The maximum atomic E-state index is 13.1. The fourth-order valence-corrected chi connectivity index (χ4v) is 11.7. The van der Waals surface area contributed by atoms with Crippen molar-refractivity contribution in [3.05, 3.63) is 11.6 Å². The molecule has 0 bridgehead atoms. The molecule has 40 heavy (non-hydrogen) atoms. The molecule has 0 spiro atoms. The van der Waals surface area contributed by atoms with Gasteiger partial charge in [0.15, 0.2) is 0 Å². The van der Waals surface area contributed by atoms with Gasteiger partial charge >= 0.3 is 11.9 Å². The van der Waals surface area contributed by atoms with Crippen molar-refractivity contribution in [2.24, 2.45) is 56.7 Å². The van der Waals surface area contributed by atoms with E-state index in [1.165, 1.54) is 25.7 Å². The van der Waals surface area contributed by atoms with E-state index in [4.69, 9.17) is 4.74 Å². The first-order valence-electron chi connectivity index (χ1n) is 16.8. The molecule has 0 aromatic rings. The van der Waals surface area contributed by atoms with Gasteiger partial charge in [0, 0.05) is 6.42 Å². The average molecular weight is 555 g/mol. The van der Waals surface area contributed by atoms with Crippen LogP contribution in [0.1, 0.15) is 139 Å². The largest absolute Gasteiger partial charge is 0.481 e. The molecule has 0 aromatic carbocycles. The van der Waals surface area contributed by atoms with Crippen molar-refractivity contribution >= 4 is 11.9 Å². The molecule has 5 aliphatic carbocycles. The second-order valence-corrected chi connectivity index (χ2v) is 16.4. The molecule has 0 saturated heterocycles. The third-order valence-corrected chi connectivity index (χ3v) is 14.7. The Kier molecular flexibility index (Phi) is 7.65. The zero-order chi connectivity index (χ0) is 29.3. The van der Waals surface area contributed by atoms with Crippen LogP contribution in [0.4, 0.5) is 0 Å². The van der Waals surface area contributed by atoms with Gasteiger partial charge in [-0.15, -0.1) is 0 Å². The fraction of sp³-hybridized carbons (Fsp3) is 0.889. The van der Waals surface area contributed by atoms with Gasteiger partial charge in [-0.1, -0.05) is 73.0 Å². The van der Waals surface area contributed by atoms with Crippen LogP contribution in [0.2, 0.25) is 0 Å². The number of rotatable bonds is 6. The molecule has 11 atom stereocenters. The molecule has 4 saturated carbocycles. The molecule has 0 aliphatic heterocycles. The van der Waals surface area contributed by atoms with Crippen LogP contribution in [0.5, 0.6) is 0 Å². The fourth-order valence-electron chi connectivity index (χ4n) is 11.7. The summed E-state index contributed by atoms with van der Waals surface area (Å²) >= 11 is 0. The Morgan fingerprint density at radius 2 is 1.65 bits per heavy atom. The number of esters is 1. The topological polar surface area (TPSA) is 63.6 Å². The second kappa shape index (κ2) is 10.1. The molecule has 0 heterocycles. The van der Waals surface area contributed by atoms with Crippen LogP contribution in [0.15, 0.2) is 11.6 Å². The van der Waals surface area contributed by atoms with Crippen LogP contribution in [-0.4, -0.2) is 23.1 Å². The number of aliphatic carboxylic acids is 1. The molecule has 4 fully saturated rings. The molecule has 0 radical (unpaired) electrons. The predicted octanol–water partition coefficient (Wildman–Crippen LogP) is 9.22. The van der Waals surface area contributed by atoms with Crippen LogP contribution in [0.25, 0.3) is 0 Å². The predicted molar refractivity (Wildman–Crippen MR) is 161 cm³/mol. The summed E-state index contributed by atoms with van der Waals surface area (Å²) in [5, 5.41) is 10.8. The summed E-state index contributed by atoms with van der Waals surface area (Å²) in [6.45, 7) is 19.2. The zero-order valence-corrected chi connectivity index (χ0v) is 26.9. The van der Waals surface area contributed by atoms with Gasteiger partial charge in [0.1, 0.15) is 11.5 Å². The Hall–Kier alpha value is -1.32. The number of ether oxygens (including phenoxy) is 1. The third-order valence-electron chi connectivity index (χ3n) is 14.7. The van der Waals surface area contributed by atoms with E-state index >= 15 is 0 Å². The highest BCUT2D eigenvalue weighted by Gasteiger charge is 2.70. The van der Waals surface area contributed by atoms with E-state index in [2.05, 4.69) is 54.5 Å². The molecule has 0 unspecified atom stereocenters. The van der Waals surface area contributed by atoms with Crippen molar-refractivity contribution in [1.29, 1.82) is 0 Å². The van der Waals surface area contributed by atoms with Gasteiger partial charge in [-0.05, 0) is 122 Å². The number of carboxylic acid groups (broad SMARTS) is 1. The summed E-state index contributed by atoms with van der Waals surface area (Å²) in [6, 6.07) is 0. The molecular weight excluding hydrogens is 496 g/mol. The third kappa shape index (κ3) is 4.10. The molecule has 0 amide bonds. The van der Waals surface area contributed by atoms with E-state index in [9.17, 15) is 14.7 Å². The van der Waals surface area contributed by atoms with Crippen molar-refractivity contribution in [2.75, 3.05) is 0 Å². The number of fused-ring (bicyclic) bond motifs is 7. The van der Waals surface area contributed by atoms with Crippen molar-refractivity contribution in [3.8, 4) is 0 Å². The molecule has 226 valence electrons. The zero-order valence-electron chi connectivity index (χ0n) is 26.9. The average Bonchev–Trinajstić information content (AvgIpc) is 2.89. The summed E-state index contributed by atoms with van der Waals surface area (Å²) in [4.78, 5) is 25.9. The van der Waals surface area contributed by atoms with Gasteiger partial charge < -0.3 is 9.84 Å². The van der Waals surface area contributed by atoms with Crippen molar-refractivity contribution in [2.45, 2.75) is 145 Å². The number of hydrogen-bond donors (Lipinski definition) is 1. The Morgan fingerprint density at radius 3 is 2.33 bits per heavy atom. The molecule has 5 rings (SSSR count). The number of unbranched alkanes of at least 4 members (excludes halogenated alkanes) is 2. The molecule has 1 N–H and O–H groups in total. The minimum atomic E-state index is -1.04. The lowest BCUT2D eigenvalue weighted by molar-refractivity contribution is -0.223. The van der Waals surface area contributed by atoms with E-state index in [0.717, 1.165) is 56.8 Å². The van der Waals surface area contributed by atoms with Gasteiger partial charge in [0.2, 0.25) is 0 Å². The van der Waals surface area contributed by atoms with Crippen molar-refractivity contribution in [1.82, 2.24) is 0 Å². The maximum absolute atomic E-state index is 13.1. The summed E-state index contributed by atoms with van der Waals surface area (Å²) in [7, 11) is 0. The Labute approximate surface area is 244 Å². The quantitative estimate of drug-likeness (QED) is 0.202. The highest BCUT2D eigenvalue weighted by atomic mass is 16.5. The van der Waals surface area contributed by atoms with E-state index < -0.39 is 17.5 Å². The van der Waals surface area contributed by atoms with Gasteiger partial charge in [0.25, 0.3) is 0 Å². The van der Waals surface area contributed by atoms with Gasteiger partial charge in [-0.2, -0.15) is 0 Å². The summed E-state index contributed by atoms with van der Waals surface area (Å²) in [5.74, 6) is 1.63. The van der Waals surface area contributed by atoms with Crippen LogP contribution < -0.4 is 0 Å². The molecular formula is C36H58O4. The maximum Gasteiger partial charge on any atom is 0.313 e. The molecule has 4 nitrogen and oxygen atoms in total. The van der Waals surface area contributed by atoms with Crippen molar-refractivity contribution in [3.63, 3.8) is 0 Å². The highest BCUT2D eigenvalue weighted by Crippen LogP contribution is 2.75.